The highest BCUT2D eigenvalue weighted by molar-refractivity contribution is 5.71. The minimum absolute atomic E-state index is 0.0630. The summed E-state index contributed by atoms with van der Waals surface area (Å²) in [6.45, 7) is 6.61. The van der Waals surface area contributed by atoms with Crippen molar-refractivity contribution in [3.63, 3.8) is 0 Å². The highest BCUT2D eigenvalue weighted by Crippen LogP contribution is 2.18. The molecule has 0 fully saturated rings. The van der Waals surface area contributed by atoms with E-state index >= 15 is 0 Å². The standard InChI is InChI=1S/C60H116O6/c1-4-7-10-13-15-17-19-21-22-23-24-25-26-27-28-29-30-31-32-33-34-35-36-37-39-40-42-44-47-50-53-59(62)65-56-57(55-64-58(61)52-49-46-12-9-6-3)66-60(63)54-51-48-45-43-41-38-20-18-16-14-11-8-5-2/h57H,4-56H2,1-3H3. The first-order chi connectivity index (χ1) is 32.5. The molecule has 0 heterocycles. The van der Waals surface area contributed by atoms with Crippen molar-refractivity contribution >= 4 is 17.9 Å². The molecule has 1 atom stereocenters. The first-order valence-corrected chi connectivity index (χ1v) is 30.0. The quantitative estimate of drug-likeness (QED) is 0.0343. The van der Waals surface area contributed by atoms with Crippen LogP contribution in [0.3, 0.4) is 0 Å². The molecule has 0 saturated heterocycles. The maximum absolute atomic E-state index is 12.7. The van der Waals surface area contributed by atoms with Crippen LogP contribution in [0.1, 0.15) is 348 Å². The van der Waals surface area contributed by atoms with Crippen molar-refractivity contribution in [2.75, 3.05) is 13.2 Å². The fourth-order valence-corrected chi connectivity index (χ4v) is 9.33. The van der Waals surface area contributed by atoms with Gasteiger partial charge in [-0.2, -0.15) is 0 Å². The van der Waals surface area contributed by atoms with Crippen LogP contribution in [-0.4, -0.2) is 37.2 Å². The summed E-state index contributed by atoms with van der Waals surface area (Å²) in [5.41, 5.74) is 0. The molecule has 0 N–H and O–H groups in total. The molecule has 0 aliphatic heterocycles. The van der Waals surface area contributed by atoms with Crippen molar-refractivity contribution in [1.82, 2.24) is 0 Å². The van der Waals surface area contributed by atoms with Gasteiger partial charge in [0.1, 0.15) is 13.2 Å². The summed E-state index contributed by atoms with van der Waals surface area (Å²) >= 11 is 0. The van der Waals surface area contributed by atoms with Gasteiger partial charge in [-0.05, 0) is 19.3 Å². The van der Waals surface area contributed by atoms with Gasteiger partial charge >= 0.3 is 17.9 Å². The Hall–Kier alpha value is -1.59. The largest absolute Gasteiger partial charge is 0.462 e. The van der Waals surface area contributed by atoms with Crippen molar-refractivity contribution in [1.29, 1.82) is 0 Å². The van der Waals surface area contributed by atoms with Crippen LogP contribution in [0.5, 0.6) is 0 Å². The van der Waals surface area contributed by atoms with Gasteiger partial charge in [0.2, 0.25) is 0 Å². The molecule has 66 heavy (non-hydrogen) atoms. The van der Waals surface area contributed by atoms with Gasteiger partial charge < -0.3 is 14.2 Å². The molecule has 0 saturated carbocycles. The monoisotopic (exact) mass is 933 g/mol. The van der Waals surface area contributed by atoms with E-state index in [-0.39, 0.29) is 31.1 Å². The second-order valence-corrected chi connectivity index (χ2v) is 20.6. The predicted molar refractivity (Wildman–Crippen MR) is 284 cm³/mol. The first-order valence-electron chi connectivity index (χ1n) is 30.0. The molecule has 0 radical (unpaired) electrons. The summed E-state index contributed by atoms with van der Waals surface area (Å²) < 4.78 is 16.7. The number of rotatable bonds is 56. The van der Waals surface area contributed by atoms with Crippen LogP contribution in [0.2, 0.25) is 0 Å². The second-order valence-electron chi connectivity index (χ2n) is 20.6. The summed E-state index contributed by atoms with van der Waals surface area (Å²) in [6.07, 6.45) is 63.1. The van der Waals surface area contributed by atoms with E-state index in [1.54, 1.807) is 0 Å². The van der Waals surface area contributed by atoms with E-state index < -0.39 is 6.10 Å². The number of carbonyl (C=O) groups is 3. The second kappa shape index (κ2) is 56.0. The average molecular weight is 934 g/mol. The lowest BCUT2D eigenvalue weighted by molar-refractivity contribution is -0.167. The normalized spacial score (nSPS) is 11.9. The lowest BCUT2D eigenvalue weighted by Gasteiger charge is -2.18. The Bertz CT molecular complexity index is 982. The SMILES string of the molecule is CCCCCCCCCCCCCCCCCCCCCCCCCCCCCCCCC(=O)OCC(COC(=O)CCCCCCC)OC(=O)CCCCCCCCCCCCCCC. The van der Waals surface area contributed by atoms with E-state index in [9.17, 15) is 14.4 Å². The fourth-order valence-electron chi connectivity index (χ4n) is 9.33. The first kappa shape index (κ1) is 64.4. The van der Waals surface area contributed by atoms with Crippen molar-refractivity contribution in [2.45, 2.75) is 354 Å². The van der Waals surface area contributed by atoms with Gasteiger partial charge in [0, 0.05) is 19.3 Å². The van der Waals surface area contributed by atoms with Gasteiger partial charge in [-0.15, -0.1) is 0 Å². The van der Waals surface area contributed by atoms with Crippen LogP contribution < -0.4 is 0 Å². The topological polar surface area (TPSA) is 78.9 Å². The summed E-state index contributed by atoms with van der Waals surface area (Å²) in [6, 6.07) is 0. The third-order valence-electron chi connectivity index (χ3n) is 13.9. The van der Waals surface area contributed by atoms with Crippen LogP contribution in [0.25, 0.3) is 0 Å². The molecule has 0 aliphatic carbocycles. The molecule has 0 aromatic rings. The average Bonchev–Trinajstić information content (AvgIpc) is 3.31. The summed E-state index contributed by atoms with van der Waals surface area (Å²) in [7, 11) is 0. The van der Waals surface area contributed by atoms with Crippen molar-refractivity contribution < 1.29 is 28.6 Å². The molecule has 392 valence electrons. The molecule has 1 unspecified atom stereocenters. The summed E-state index contributed by atoms with van der Waals surface area (Å²) in [5, 5.41) is 0. The maximum atomic E-state index is 12.7. The van der Waals surface area contributed by atoms with Crippen molar-refractivity contribution in [2.24, 2.45) is 0 Å². The molecule has 0 bridgehead atoms. The fraction of sp³-hybridized carbons (Fsp3) is 0.950. The van der Waals surface area contributed by atoms with E-state index in [4.69, 9.17) is 14.2 Å². The zero-order valence-corrected chi connectivity index (χ0v) is 45.0. The maximum Gasteiger partial charge on any atom is 0.306 e. The van der Waals surface area contributed by atoms with E-state index in [2.05, 4.69) is 20.8 Å². The molecule has 0 spiro atoms. The Morgan fingerprint density at radius 1 is 0.242 bits per heavy atom. The summed E-state index contributed by atoms with van der Waals surface area (Å²) in [4.78, 5) is 37.7. The summed E-state index contributed by atoms with van der Waals surface area (Å²) in [5.74, 6) is -0.854. The highest BCUT2D eigenvalue weighted by atomic mass is 16.6. The van der Waals surface area contributed by atoms with E-state index in [0.29, 0.717) is 19.3 Å². The highest BCUT2D eigenvalue weighted by Gasteiger charge is 2.19. The van der Waals surface area contributed by atoms with Crippen LogP contribution >= 0.6 is 0 Å². The molecule has 6 heteroatoms. The smallest absolute Gasteiger partial charge is 0.306 e. The Morgan fingerprint density at radius 3 is 0.606 bits per heavy atom. The number of carbonyl (C=O) groups excluding carboxylic acids is 3. The van der Waals surface area contributed by atoms with Crippen LogP contribution in [0.15, 0.2) is 0 Å². The van der Waals surface area contributed by atoms with Gasteiger partial charge in [0.15, 0.2) is 6.10 Å². The zero-order valence-electron chi connectivity index (χ0n) is 45.0. The number of hydrogen-bond donors (Lipinski definition) is 0. The Balaban J connectivity index is 3.86. The molecule has 0 aliphatic rings. The van der Waals surface area contributed by atoms with Crippen LogP contribution in [-0.2, 0) is 28.6 Å². The molecule has 0 rings (SSSR count). The van der Waals surface area contributed by atoms with Gasteiger partial charge in [-0.25, -0.2) is 0 Å². The zero-order chi connectivity index (χ0) is 47.9. The Morgan fingerprint density at radius 2 is 0.409 bits per heavy atom. The third-order valence-corrected chi connectivity index (χ3v) is 13.9. The van der Waals surface area contributed by atoms with Crippen LogP contribution in [0.4, 0.5) is 0 Å². The lowest BCUT2D eigenvalue weighted by atomic mass is 10.0. The Labute approximate surface area is 412 Å². The molecule has 0 aromatic carbocycles. The number of ether oxygens (including phenoxy) is 3. The van der Waals surface area contributed by atoms with E-state index in [1.807, 2.05) is 0 Å². The van der Waals surface area contributed by atoms with E-state index in [0.717, 1.165) is 64.2 Å². The van der Waals surface area contributed by atoms with E-state index in [1.165, 1.54) is 244 Å². The number of esters is 3. The molecule has 0 amide bonds. The minimum atomic E-state index is -0.758. The number of unbranched alkanes of at least 4 members (excludes halogenated alkanes) is 45. The van der Waals surface area contributed by atoms with Crippen LogP contribution in [0, 0.1) is 0 Å². The lowest BCUT2D eigenvalue weighted by Crippen LogP contribution is -2.30. The minimum Gasteiger partial charge on any atom is -0.462 e. The molecular weight excluding hydrogens is 817 g/mol. The molecule has 6 nitrogen and oxygen atoms in total. The Kier molecular flexibility index (Phi) is 54.7. The third kappa shape index (κ3) is 53.4. The van der Waals surface area contributed by atoms with Gasteiger partial charge in [-0.1, -0.05) is 310 Å². The van der Waals surface area contributed by atoms with Gasteiger partial charge in [0.05, 0.1) is 0 Å². The molecule has 0 aromatic heterocycles. The van der Waals surface area contributed by atoms with Crippen molar-refractivity contribution in [3.8, 4) is 0 Å². The van der Waals surface area contributed by atoms with Crippen molar-refractivity contribution in [3.05, 3.63) is 0 Å². The van der Waals surface area contributed by atoms with Gasteiger partial charge in [-0.3, -0.25) is 14.4 Å². The van der Waals surface area contributed by atoms with Gasteiger partial charge in [0.25, 0.3) is 0 Å². The number of hydrogen-bond acceptors (Lipinski definition) is 6. The molecular formula is C60H116O6. The predicted octanol–water partition coefficient (Wildman–Crippen LogP) is 19.9.